The van der Waals surface area contributed by atoms with E-state index in [1.807, 2.05) is 41.8 Å². The summed E-state index contributed by atoms with van der Waals surface area (Å²) in [7, 11) is 0. The average Bonchev–Trinajstić information content (AvgIpc) is 3.09. The van der Waals surface area contributed by atoms with Gasteiger partial charge in [0.1, 0.15) is 5.75 Å². The van der Waals surface area contributed by atoms with Crippen LogP contribution in [0.15, 0.2) is 60.1 Å². The summed E-state index contributed by atoms with van der Waals surface area (Å²) in [5.74, 6) is 0.696. The summed E-state index contributed by atoms with van der Waals surface area (Å²) >= 11 is 7.27. The topological polar surface area (TPSA) is 51.2 Å². The minimum Gasteiger partial charge on any atom is -0.431 e. The fraction of sp³-hybridized carbons (Fsp3) is 0.111. The Kier molecular flexibility index (Phi) is 5.46. The van der Waals surface area contributed by atoms with Crippen molar-refractivity contribution in [3.8, 4) is 10.9 Å². The number of benzene rings is 2. The number of nitrogens with one attached hydrogen (secondary N) is 1. The summed E-state index contributed by atoms with van der Waals surface area (Å²) in [5, 5.41) is 6.04. The van der Waals surface area contributed by atoms with Crippen molar-refractivity contribution in [1.29, 1.82) is 0 Å². The molecular weight excluding hydrogens is 344 g/mol. The first kappa shape index (κ1) is 16.5. The smallest absolute Gasteiger partial charge is 0.278 e. The fourth-order valence-corrected chi connectivity index (χ4v) is 2.72. The quantitative estimate of drug-likeness (QED) is 0.708. The van der Waals surface area contributed by atoms with Crippen LogP contribution in [0.25, 0.3) is 0 Å². The normalized spacial score (nSPS) is 10.4. The van der Waals surface area contributed by atoms with Crippen LogP contribution in [-0.4, -0.2) is 10.9 Å². The number of rotatable bonds is 6. The lowest BCUT2D eigenvalue weighted by Gasteiger charge is -2.07. The highest BCUT2D eigenvalue weighted by Crippen LogP contribution is 2.23. The van der Waals surface area contributed by atoms with Crippen LogP contribution in [0.2, 0.25) is 5.02 Å². The van der Waals surface area contributed by atoms with E-state index in [1.54, 1.807) is 18.3 Å². The Balaban J connectivity index is 1.49. The molecule has 2 aromatic carbocycles. The van der Waals surface area contributed by atoms with E-state index in [9.17, 15) is 4.79 Å². The molecule has 3 rings (SSSR count). The maximum absolute atomic E-state index is 12.0. The van der Waals surface area contributed by atoms with Gasteiger partial charge in [0.25, 0.3) is 5.19 Å². The minimum absolute atomic E-state index is 0.0274. The lowest BCUT2D eigenvalue weighted by atomic mass is 10.1. The molecule has 122 valence electrons. The van der Waals surface area contributed by atoms with Crippen LogP contribution in [0, 0.1) is 0 Å². The van der Waals surface area contributed by atoms with Crippen LogP contribution in [0.3, 0.4) is 0 Å². The molecule has 0 aliphatic rings. The Bertz CT molecular complexity index is 787. The number of carbonyl (C=O) groups excluding carboxylic acids is 1. The second kappa shape index (κ2) is 7.95. The summed E-state index contributed by atoms with van der Waals surface area (Å²) in [4.78, 5) is 16.0. The number of halogens is 1. The molecule has 0 spiro atoms. The molecule has 4 nitrogen and oxygen atoms in total. The molecule has 0 unspecified atom stereocenters. The third kappa shape index (κ3) is 4.81. The van der Waals surface area contributed by atoms with Crippen LogP contribution in [-0.2, 0) is 17.8 Å². The van der Waals surface area contributed by atoms with E-state index in [0.717, 1.165) is 16.9 Å². The number of amides is 1. The van der Waals surface area contributed by atoms with Gasteiger partial charge in [0.05, 0.1) is 6.42 Å². The molecule has 1 aromatic heterocycles. The second-order valence-electron chi connectivity index (χ2n) is 5.12. The van der Waals surface area contributed by atoms with Gasteiger partial charge >= 0.3 is 0 Å². The largest absolute Gasteiger partial charge is 0.431 e. The van der Waals surface area contributed by atoms with Gasteiger partial charge in [0.2, 0.25) is 5.91 Å². The predicted octanol–water partition coefficient (Wildman–Crippen LogP) is 4.45. The number of hydrogen-bond acceptors (Lipinski definition) is 4. The Hall–Kier alpha value is -2.37. The van der Waals surface area contributed by atoms with Crippen LogP contribution in [0.4, 0.5) is 0 Å². The molecule has 24 heavy (non-hydrogen) atoms. The number of ether oxygens (including phenoxy) is 1. The maximum atomic E-state index is 12.0. The molecular formula is C18H15ClN2O2S. The van der Waals surface area contributed by atoms with E-state index in [0.29, 0.717) is 23.2 Å². The molecule has 0 atom stereocenters. The van der Waals surface area contributed by atoms with Crippen molar-refractivity contribution in [1.82, 2.24) is 10.3 Å². The van der Waals surface area contributed by atoms with Gasteiger partial charge in [-0.1, -0.05) is 47.2 Å². The molecule has 0 saturated heterocycles. The lowest BCUT2D eigenvalue weighted by molar-refractivity contribution is -0.120. The van der Waals surface area contributed by atoms with Crippen LogP contribution in [0.1, 0.15) is 11.1 Å². The number of hydrogen-bond donors (Lipinski definition) is 1. The summed E-state index contributed by atoms with van der Waals surface area (Å²) in [6, 6.07) is 14.8. The minimum atomic E-state index is -0.0274. The number of thiazole rings is 1. The lowest BCUT2D eigenvalue weighted by Crippen LogP contribution is -2.24. The third-order valence-electron chi connectivity index (χ3n) is 3.31. The van der Waals surface area contributed by atoms with Crippen molar-refractivity contribution in [2.45, 2.75) is 13.0 Å². The molecule has 0 fully saturated rings. The highest BCUT2D eigenvalue weighted by Gasteiger charge is 2.04. The second-order valence-corrected chi connectivity index (χ2v) is 6.42. The number of nitrogens with zero attached hydrogens (tertiary/aromatic N) is 1. The maximum Gasteiger partial charge on any atom is 0.278 e. The first-order valence-corrected chi connectivity index (χ1v) is 8.62. The highest BCUT2D eigenvalue weighted by molar-refractivity contribution is 7.11. The van der Waals surface area contributed by atoms with Gasteiger partial charge in [0.15, 0.2) is 0 Å². The van der Waals surface area contributed by atoms with E-state index in [1.165, 1.54) is 11.3 Å². The zero-order valence-electron chi connectivity index (χ0n) is 12.7. The Morgan fingerprint density at radius 2 is 1.79 bits per heavy atom. The monoisotopic (exact) mass is 358 g/mol. The van der Waals surface area contributed by atoms with Crippen molar-refractivity contribution < 1.29 is 9.53 Å². The molecule has 0 saturated carbocycles. The van der Waals surface area contributed by atoms with Gasteiger partial charge in [-0.05, 0) is 35.4 Å². The zero-order chi connectivity index (χ0) is 16.8. The van der Waals surface area contributed by atoms with Gasteiger partial charge in [0, 0.05) is 23.1 Å². The van der Waals surface area contributed by atoms with Gasteiger partial charge in [-0.25, -0.2) is 4.98 Å². The van der Waals surface area contributed by atoms with E-state index >= 15 is 0 Å². The van der Waals surface area contributed by atoms with E-state index < -0.39 is 0 Å². The van der Waals surface area contributed by atoms with Gasteiger partial charge in [-0.2, -0.15) is 0 Å². The molecule has 3 aromatic rings. The molecule has 0 bridgehead atoms. The van der Waals surface area contributed by atoms with E-state index in [-0.39, 0.29) is 5.91 Å². The number of aromatic nitrogens is 1. The summed E-state index contributed by atoms with van der Waals surface area (Å²) in [6.45, 7) is 0.476. The fourth-order valence-electron chi connectivity index (χ4n) is 2.09. The highest BCUT2D eigenvalue weighted by atomic mass is 35.5. The predicted molar refractivity (Wildman–Crippen MR) is 95.6 cm³/mol. The number of carbonyl (C=O) groups is 1. The Labute approximate surface area is 149 Å². The summed E-state index contributed by atoms with van der Waals surface area (Å²) in [5.41, 5.74) is 1.94. The Morgan fingerprint density at radius 1 is 1.08 bits per heavy atom. The molecule has 1 N–H and O–H groups in total. The van der Waals surface area contributed by atoms with E-state index in [2.05, 4.69) is 10.3 Å². The average molecular weight is 359 g/mol. The van der Waals surface area contributed by atoms with Gasteiger partial charge in [-0.15, -0.1) is 0 Å². The van der Waals surface area contributed by atoms with Gasteiger partial charge < -0.3 is 10.1 Å². The first-order valence-electron chi connectivity index (χ1n) is 7.36. The van der Waals surface area contributed by atoms with Gasteiger partial charge in [-0.3, -0.25) is 4.79 Å². The van der Waals surface area contributed by atoms with Crippen LogP contribution < -0.4 is 10.1 Å². The Morgan fingerprint density at radius 3 is 2.46 bits per heavy atom. The van der Waals surface area contributed by atoms with Crippen LogP contribution >= 0.6 is 22.9 Å². The molecule has 6 heteroatoms. The van der Waals surface area contributed by atoms with Crippen molar-refractivity contribution in [2.75, 3.05) is 0 Å². The molecule has 1 amide bonds. The molecule has 0 radical (unpaired) electrons. The third-order valence-corrected chi connectivity index (χ3v) is 4.21. The van der Waals surface area contributed by atoms with Crippen molar-refractivity contribution in [3.63, 3.8) is 0 Å². The summed E-state index contributed by atoms with van der Waals surface area (Å²) in [6.07, 6.45) is 2.03. The SMILES string of the molecule is O=C(Cc1ccc(Cl)cc1)NCc1ccc(Oc2nccs2)cc1. The van der Waals surface area contributed by atoms with E-state index in [4.69, 9.17) is 16.3 Å². The van der Waals surface area contributed by atoms with Crippen molar-refractivity contribution in [3.05, 3.63) is 76.3 Å². The molecule has 1 heterocycles. The van der Waals surface area contributed by atoms with Crippen LogP contribution in [0.5, 0.6) is 10.9 Å². The van der Waals surface area contributed by atoms with Crippen molar-refractivity contribution in [2.24, 2.45) is 0 Å². The van der Waals surface area contributed by atoms with Crippen molar-refractivity contribution >= 4 is 28.8 Å². The first-order chi connectivity index (χ1) is 11.7. The standard InChI is InChI=1S/C18H15ClN2O2S/c19-15-5-1-13(2-6-15)11-17(22)21-12-14-3-7-16(8-4-14)23-18-20-9-10-24-18/h1-10H,11-12H2,(H,21,22). The molecule has 0 aliphatic heterocycles. The summed E-state index contributed by atoms with van der Waals surface area (Å²) < 4.78 is 5.60. The zero-order valence-corrected chi connectivity index (χ0v) is 14.3. The molecule has 0 aliphatic carbocycles.